The molecule has 112 valence electrons. The van der Waals surface area contributed by atoms with E-state index in [0.29, 0.717) is 5.13 Å². The van der Waals surface area contributed by atoms with E-state index in [0.717, 1.165) is 18.7 Å². The maximum Gasteiger partial charge on any atom is 0.262 e. The third-order valence-corrected chi connectivity index (χ3v) is 3.73. The summed E-state index contributed by atoms with van der Waals surface area (Å²) in [5.74, 6) is -0.452. The molecule has 6 nitrogen and oxygen atoms in total. The van der Waals surface area contributed by atoms with Gasteiger partial charge in [0.2, 0.25) is 0 Å². The van der Waals surface area contributed by atoms with E-state index >= 15 is 0 Å². The molecule has 0 spiro atoms. The summed E-state index contributed by atoms with van der Waals surface area (Å²) in [6.07, 6.45) is 3.92. The molecule has 0 radical (unpaired) electrons. The van der Waals surface area contributed by atoms with Crippen LogP contribution >= 0.6 is 11.3 Å². The Morgan fingerprint density at radius 2 is 2.33 bits per heavy atom. The lowest BCUT2D eigenvalue weighted by Crippen LogP contribution is -2.21. The maximum atomic E-state index is 12.0. The van der Waals surface area contributed by atoms with Crippen molar-refractivity contribution in [3.63, 3.8) is 0 Å². The molecule has 7 heteroatoms. The smallest absolute Gasteiger partial charge is 0.262 e. The topological polar surface area (TPSA) is 86.9 Å². The molecule has 0 aliphatic heterocycles. The molecule has 0 aromatic carbocycles. The molecular weight excluding hydrogens is 288 g/mol. The Labute approximate surface area is 126 Å². The van der Waals surface area contributed by atoms with Gasteiger partial charge in [-0.3, -0.25) is 14.9 Å². The van der Waals surface area contributed by atoms with Crippen LogP contribution in [0.25, 0.3) is 0 Å². The summed E-state index contributed by atoms with van der Waals surface area (Å²) in [6, 6.07) is 1.45. The fourth-order valence-electron chi connectivity index (χ4n) is 1.77. The lowest BCUT2D eigenvalue weighted by Gasteiger charge is -2.09. The van der Waals surface area contributed by atoms with E-state index in [-0.39, 0.29) is 17.0 Å². The van der Waals surface area contributed by atoms with Crippen LogP contribution in [0.1, 0.15) is 42.4 Å². The molecule has 2 rings (SSSR count). The second-order valence-electron chi connectivity index (χ2n) is 4.63. The molecule has 0 saturated carbocycles. The quantitative estimate of drug-likeness (QED) is 0.763. The van der Waals surface area contributed by atoms with E-state index in [2.05, 4.69) is 27.5 Å². The van der Waals surface area contributed by atoms with Gasteiger partial charge in [0.1, 0.15) is 5.56 Å². The molecule has 1 amide bonds. The normalized spacial score (nSPS) is 12.1. The van der Waals surface area contributed by atoms with E-state index in [4.69, 9.17) is 0 Å². The highest BCUT2D eigenvalue weighted by molar-refractivity contribution is 7.14. The van der Waals surface area contributed by atoms with Gasteiger partial charge in [0.05, 0.1) is 5.69 Å². The average Bonchev–Trinajstić information content (AvgIpc) is 2.93. The van der Waals surface area contributed by atoms with Crippen LogP contribution in [0.3, 0.4) is 0 Å². The number of thiazole rings is 1. The first-order valence-electron chi connectivity index (χ1n) is 6.79. The number of carbonyl (C=O) groups excluding carboxylic acids is 1. The fourth-order valence-corrected chi connectivity index (χ4v) is 2.56. The molecule has 1 unspecified atom stereocenters. The molecule has 3 N–H and O–H groups in total. The van der Waals surface area contributed by atoms with Crippen molar-refractivity contribution in [2.75, 3.05) is 11.9 Å². The molecule has 0 fully saturated rings. The highest BCUT2D eigenvalue weighted by Crippen LogP contribution is 2.20. The first-order chi connectivity index (χ1) is 10.1. The molecule has 0 bridgehead atoms. The Kier molecular flexibility index (Phi) is 5.24. The number of hydrogen-bond donors (Lipinski definition) is 3. The zero-order valence-corrected chi connectivity index (χ0v) is 12.8. The van der Waals surface area contributed by atoms with Crippen LogP contribution < -0.4 is 16.1 Å². The number of carbonyl (C=O) groups is 1. The summed E-state index contributed by atoms with van der Waals surface area (Å²) in [4.78, 5) is 30.7. The number of H-pyrrole nitrogens is 1. The third kappa shape index (κ3) is 3.99. The third-order valence-electron chi connectivity index (χ3n) is 2.96. The van der Waals surface area contributed by atoms with Crippen LogP contribution in [-0.4, -0.2) is 22.4 Å². The van der Waals surface area contributed by atoms with Crippen molar-refractivity contribution in [3.05, 3.63) is 45.3 Å². The molecule has 21 heavy (non-hydrogen) atoms. The highest BCUT2D eigenvalue weighted by atomic mass is 32.1. The number of rotatable bonds is 6. The number of aromatic nitrogens is 2. The Balaban J connectivity index is 2.04. The monoisotopic (exact) mass is 306 g/mol. The number of nitrogens with one attached hydrogen (secondary N) is 3. The number of pyridine rings is 1. The summed E-state index contributed by atoms with van der Waals surface area (Å²) in [7, 11) is 0. The van der Waals surface area contributed by atoms with E-state index in [1.165, 1.54) is 29.8 Å². The average molecular weight is 306 g/mol. The van der Waals surface area contributed by atoms with Gasteiger partial charge in [-0.1, -0.05) is 6.92 Å². The molecule has 1 atom stereocenters. The number of anilines is 1. The maximum absolute atomic E-state index is 12.0. The second kappa shape index (κ2) is 7.14. The minimum Gasteiger partial charge on any atom is -0.367 e. The zero-order valence-electron chi connectivity index (χ0n) is 12.0. The van der Waals surface area contributed by atoms with Crippen molar-refractivity contribution in [1.82, 2.24) is 15.3 Å². The summed E-state index contributed by atoms with van der Waals surface area (Å²) < 4.78 is 0. The predicted molar refractivity (Wildman–Crippen MR) is 83.8 cm³/mol. The van der Waals surface area contributed by atoms with Gasteiger partial charge in [-0.25, -0.2) is 4.98 Å². The van der Waals surface area contributed by atoms with Crippen LogP contribution in [0.5, 0.6) is 0 Å². The van der Waals surface area contributed by atoms with Gasteiger partial charge in [0, 0.05) is 29.9 Å². The molecule has 2 aromatic rings. The van der Waals surface area contributed by atoms with E-state index in [9.17, 15) is 9.59 Å². The number of amides is 1. The summed E-state index contributed by atoms with van der Waals surface area (Å²) in [5, 5.41) is 8.37. The lowest BCUT2D eigenvalue weighted by molar-refractivity contribution is 0.102. The minimum atomic E-state index is -0.452. The first kappa shape index (κ1) is 15.4. The van der Waals surface area contributed by atoms with Crippen molar-refractivity contribution in [2.24, 2.45) is 0 Å². The minimum absolute atomic E-state index is 0.0754. The predicted octanol–water partition coefficient (Wildman–Crippen LogP) is 2.14. The van der Waals surface area contributed by atoms with Gasteiger partial charge < -0.3 is 10.3 Å². The van der Waals surface area contributed by atoms with Crippen molar-refractivity contribution in [2.45, 2.75) is 26.3 Å². The Hall–Kier alpha value is -1.99. The zero-order chi connectivity index (χ0) is 15.2. The van der Waals surface area contributed by atoms with Gasteiger partial charge in [-0.05, 0) is 19.9 Å². The number of hydrogen-bond acceptors (Lipinski definition) is 5. The van der Waals surface area contributed by atoms with Crippen molar-refractivity contribution in [1.29, 1.82) is 0 Å². The molecule has 2 aromatic heterocycles. The van der Waals surface area contributed by atoms with Crippen LogP contribution in [0.2, 0.25) is 0 Å². The van der Waals surface area contributed by atoms with Crippen LogP contribution in [0, 0.1) is 0 Å². The molecule has 0 aliphatic rings. The van der Waals surface area contributed by atoms with Gasteiger partial charge in [-0.15, -0.1) is 11.3 Å². The Bertz CT molecular complexity index is 665. The SMILES string of the molecule is CCCNC(C)c1csc(NC(=O)c2c[nH]ccc2=O)n1. The lowest BCUT2D eigenvalue weighted by atomic mass is 10.2. The summed E-state index contributed by atoms with van der Waals surface area (Å²) in [6.45, 7) is 5.04. The van der Waals surface area contributed by atoms with Crippen molar-refractivity contribution in [3.8, 4) is 0 Å². The van der Waals surface area contributed by atoms with Gasteiger partial charge >= 0.3 is 0 Å². The van der Waals surface area contributed by atoms with E-state index in [1.54, 1.807) is 0 Å². The largest absolute Gasteiger partial charge is 0.367 e. The van der Waals surface area contributed by atoms with Crippen LogP contribution in [-0.2, 0) is 0 Å². The van der Waals surface area contributed by atoms with E-state index in [1.807, 2.05) is 12.3 Å². The van der Waals surface area contributed by atoms with Gasteiger partial charge in [0.15, 0.2) is 10.6 Å². The fraction of sp³-hybridized carbons (Fsp3) is 0.357. The molecule has 0 saturated heterocycles. The molecule has 0 aliphatic carbocycles. The van der Waals surface area contributed by atoms with Crippen molar-refractivity contribution >= 4 is 22.4 Å². The molecule has 2 heterocycles. The summed E-state index contributed by atoms with van der Waals surface area (Å²) >= 11 is 1.34. The molecular formula is C14H18N4O2S. The van der Waals surface area contributed by atoms with Crippen LogP contribution in [0.4, 0.5) is 5.13 Å². The van der Waals surface area contributed by atoms with Crippen molar-refractivity contribution < 1.29 is 4.79 Å². The van der Waals surface area contributed by atoms with Crippen LogP contribution in [0.15, 0.2) is 28.6 Å². The number of nitrogens with zero attached hydrogens (tertiary/aromatic N) is 1. The summed E-state index contributed by atoms with van der Waals surface area (Å²) in [5.41, 5.74) is 0.637. The van der Waals surface area contributed by atoms with Gasteiger partial charge in [0.25, 0.3) is 5.91 Å². The number of aromatic amines is 1. The van der Waals surface area contributed by atoms with Gasteiger partial charge in [-0.2, -0.15) is 0 Å². The second-order valence-corrected chi connectivity index (χ2v) is 5.49. The Morgan fingerprint density at radius 1 is 1.52 bits per heavy atom. The standard InChI is InChI=1S/C14H18N4O2S/c1-3-5-16-9(2)11-8-21-14(17-11)18-13(20)10-7-15-6-4-12(10)19/h4,6-9,16H,3,5H2,1-2H3,(H,15,19)(H,17,18,20). The highest BCUT2D eigenvalue weighted by Gasteiger charge is 2.14. The Morgan fingerprint density at radius 3 is 3.05 bits per heavy atom. The van der Waals surface area contributed by atoms with E-state index < -0.39 is 5.91 Å². The first-order valence-corrected chi connectivity index (χ1v) is 7.67.